The Kier molecular flexibility index (Phi) is 1.89. The van der Waals surface area contributed by atoms with E-state index in [2.05, 4.69) is 9.97 Å². The predicted octanol–water partition coefficient (Wildman–Crippen LogP) is 1.91. The van der Waals surface area contributed by atoms with E-state index in [1.54, 1.807) is 0 Å². The Labute approximate surface area is 65.5 Å². The van der Waals surface area contributed by atoms with Gasteiger partial charge in [0, 0.05) is 5.41 Å². The lowest BCUT2D eigenvalue weighted by atomic mass is 9.96. The summed E-state index contributed by atoms with van der Waals surface area (Å²) in [5.41, 5.74) is -0.103. The van der Waals surface area contributed by atoms with Gasteiger partial charge in [-0.3, -0.25) is 0 Å². The monoisotopic (exact) mass is 154 g/mol. The lowest BCUT2D eigenvalue weighted by Crippen LogP contribution is -2.15. The lowest BCUT2D eigenvalue weighted by molar-refractivity contribution is 0.530. The van der Waals surface area contributed by atoms with Crippen LogP contribution in [0.25, 0.3) is 0 Å². The molecule has 0 radical (unpaired) electrons. The molecule has 0 unspecified atom stereocenters. The van der Waals surface area contributed by atoms with Crippen molar-refractivity contribution < 1.29 is 4.39 Å². The highest BCUT2D eigenvalue weighted by Crippen LogP contribution is 2.16. The normalized spacial score (nSPS) is 11.6. The Morgan fingerprint density at radius 2 is 1.64 bits per heavy atom. The van der Waals surface area contributed by atoms with Crippen LogP contribution in [0.3, 0.4) is 0 Å². The Morgan fingerprint density at radius 3 is 2.00 bits per heavy atom. The number of hydrogen-bond acceptors (Lipinski definition) is 2. The van der Waals surface area contributed by atoms with Crippen LogP contribution in [0, 0.1) is 5.82 Å². The van der Waals surface area contributed by atoms with Crippen molar-refractivity contribution in [1.29, 1.82) is 0 Å². The fourth-order valence-electron chi connectivity index (χ4n) is 0.700. The van der Waals surface area contributed by atoms with E-state index in [0.29, 0.717) is 5.82 Å². The molecular weight excluding hydrogens is 143 g/mol. The predicted molar refractivity (Wildman–Crippen MR) is 40.7 cm³/mol. The van der Waals surface area contributed by atoms with Crippen molar-refractivity contribution in [3.63, 3.8) is 0 Å². The first-order valence-electron chi connectivity index (χ1n) is 3.48. The minimum Gasteiger partial charge on any atom is -0.238 e. The molecule has 11 heavy (non-hydrogen) atoms. The van der Waals surface area contributed by atoms with Crippen molar-refractivity contribution >= 4 is 0 Å². The summed E-state index contributed by atoms with van der Waals surface area (Å²) in [5.74, 6) is 0.275. The summed E-state index contributed by atoms with van der Waals surface area (Å²) in [4.78, 5) is 7.73. The summed E-state index contributed by atoms with van der Waals surface area (Å²) in [6, 6.07) is 0. The van der Waals surface area contributed by atoms with Gasteiger partial charge in [0.1, 0.15) is 5.82 Å². The number of nitrogens with zero attached hydrogens (tertiary/aromatic N) is 2. The Balaban J connectivity index is 2.99. The fraction of sp³-hybridized carbons (Fsp3) is 0.500. The summed E-state index contributed by atoms with van der Waals surface area (Å²) in [5, 5.41) is 0. The van der Waals surface area contributed by atoms with Crippen LogP contribution in [0.2, 0.25) is 0 Å². The van der Waals surface area contributed by atoms with Crippen molar-refractivity contribution in [1.82, 2.24) is 9.97 Å². The SMILES string of the molecule is CC(C)(C)c1ncc(F)cn1. The molecule has 0 spiro atoms. The van der Waals surface area contributed by atoms with Crippen LogP contribution in [-0.4, -0.2) is 9.97 Å². The summed E-state index contributed by atoms with van der Waals surface area (Å²) in [6.45, 7) is 5.96. The topological polar surface area (TPSA) is 25.8 Å². The van der Waals surface area contributed by atoms with E-state index < -0.39 is 5.82 Å². The van der Waals surface area contributed by atoms with Gasteiger partial charge >= 0.3 is 0 Å². The summed E-state index contributed by atoms with van der Waals surface area (Å²) in [7, 11) is 0. The van der Waals surface area contributed by atoms with Crippen LogP contribution >= 0.6 is 0 Å². The van der Waals surface area contributed by atoms with Gasteiger partial charge in [0.25, 0.3) is 0 Å². The molecule has 1 heterocycles. The van der Waals surface area contributed by atoms with Gasteiger partial charge in [-0.05, 0) is 0 Å². The highest BCUT2D eigenvalue weighted by Gasteiger charge is 2.16. The lowest BCUT2D eigenvalue weighted by Gasteiger charge is -2.14. The zero-order valence-corrected chi connectivity index (χ0v) is 6.93. The van der Waals surface area contributed by atoms with E-state index in [1.807, 2.05) is 20.8 Å². The van der Waals surface area contributed by atoms with Crippen LogP contribution in [0.5, 0.6) is 0 Å². The third-order valence-electron chi connectivity index (χ3n) is 1.29. The van der Waals surface area contributed by atoms with E-state index >= 15 is 0 Å². The van der Waals surface area contributed by atoms with Crippen LogP contribution in [-0.2, 0) is 5.41 Å². The minimum atomic E-state index is -0.391. The highest BCUT2D eigenvalue weighted by atomic mass is 19.1. The average molecular weight is 154 g/mol. The maximum atomic E-state index is 12.3. The molecule has 0 N–H and O–H groups in total. The second-order valence-corrected chi connectivity index (χ2v) is 3.47. The molecule has 2 nitrogen and oxygen atoms in total. The molecule has 0 aliphatic heterocycles. The molecule has 0 saturated heterocycles. The minimum absolute atomic E-state index is 0.103. The molecule has 0 aliphatic carbocycles. The number of aromatic nitrogens is 2. The Hall–Kier alpha value is -0.990. The van der Waals surface area contributed by atoms with Gasteiger partial charge in [-0.25, -0.2) is 14.4 Å². The second kappa shape index (κ2) is 2.57. The number of halogens is 1. The summed E-state index contributed by atoms with van der Waals surface area (Å²) >= 11 is 0. The first kappa shape index (κ1) is 8.11. The maximum Gasteiger partial charge on any atom is 0.159 e. The summed E-state index contributed by atoms with van der Waals surface area (Å²) < 4.78 is 12.3. The molecule has 0 amide bonds. The molecule has 1 rings (SSSR count). The van der Waals surface area contributed by atoms with Crippen LogP contribution < -0.4 is 0 Å². The first-order valence-corrected chi connectivity index (χ1v) is 3.48. The van der Waals surface area contributed by atoms with E-state index in [9.17, 15) is 4.39 Å². The first-order chi connectivity index (χ1) is 5.00. The van der Waals surface area contributed by atoms with Crippen molar-refractivity contribution in [3.8, 4) is 0 Å². The molecule has 60 valence electrons. The molecule has 3 heteroatoms. The average Bonchev–Trinajstić information content (AvgIpc) is 1.86. The summed E-state index contributed by atoms with van der Waals surface area (Å²) in [6.07, 6.45) is 2.38. The van der Waals surface area contributed by atoms with Crippen LogP contribution in [0.15, 0.2) is 12.4 Å². The van der Waals surface area contributed by atoms with Gasteiger partial charge in [-0.15, -0.1) is 0 Å². The van der Waals surface area contributed by atoms with E-state index in [4.69, 9.17) is 0 Å². The molecule has 0 atom stereocenters. The van der Waals surface area contributed by atoms with Crippen molar-refractivity contribution in [2.45, 2.75) is 26.2 Å². The smallest absolute Gasteiger partial charge is 0.159 e. The molecular formula is C8H11FN2. The standard InChI is InChI=1S/C8H11FN2/c1-8(2,3)7-10-4-6(9)5-11-7/h4-5H,1-3H3. The van der Waals surface area contributed by atoms with Gasteiger partial charge < -0.3 is 0 Å². The zero-order valence-electron chi connectivity index (χ0n) is 6.93. The van der Waals surface area contributed by atoms with Gasteiger partial charge in [-0.2, -0.15) is 0 Å². The number of rotatable bonds is 0. The zero-order chi connectivity index (χ0) is 8.48. The van der Waals surface area contributed by atoms with Gasteiger partial charge in [0.05, 0.1) is 12.4 Å². The quantitative estimate of drug-likeness (QED) is 0.570. The molecule has 0 bridgehead atoms. The fourth-order valence-corrected chi connectivity index (χ4v) is 0.700. The van der Waals surface area contributed by atoms with Crippen molar-refractivity contribution in [2.24, 2.45) is 0 Å². The molecule has 0 saturated carbocycles. The highest BCUT2D eigenvalue weighted by molar-refractivity contribution is 5.01. The Bertz CT molecular complexity index is 235. The van der Waals surface area contributed by atoms with E-state index in [-0.39, 0.29) is 5.41 Å². The maximum absolute atomic E-state index is 12.3. The molecule has 1 aromatic heterocycles. The molecule has 0 aliphatic rings. The second-order valence-electron chi connectivity index (χ2n) is 3.47. The van der Waals surface area contributed by atoms with Gasteiger partial charge in [-0.1, -0.05) is 20.8 Å². The largest absolute Gasteiger partial charge is 0.238 e. The van der Waals surface area contributed by atoms with E-state index in [0.717, 1.165) is 0 Å². The van der Waals surface area contributed by atoms with Gasteiger partial charge in [0.15, 0.2) is 5.82 Å². The number of hydrogen-bond donors (Lipinski definition) is 0. The van der Waals surface area contributed by atoms with Crippen LogP contribution in [0.1, 0.15) is 26.6 Å². The molecule has 1 aromatic rings. The van der Waals surface area contributed by atoms with E-state index in [1.165, 1.54) is 12.4 Å². The molecule has 0 fully saturated rings. The van der Waals surface area contributed by atoms with Crippen molar-refractivity contribution in [3.05, 3.63) is 24.0 Å². The van der Waals surface area contributed by atoms with Crippen molar-refractivity contribution in [2.75, 3.05) is 0 Å². The van der Waals surface area contributed by atoms with Crippen LogP contribution in [0.4, 0.5) is 4.39 Å². The molecule has 0 aromatic carbocycles. The Morgan fingerprint density at radius 1 is 1.18 bits per heavy atom. The third-order valence-corrected chi connectivity index (χ3v) is 1.29. The third kappa shape index (κ3) is 1.97. The van der Waals surface area contributed by atoms with Gasteiger partial charge in [0.2, 0.25) is 0 Å².